The maximum absolute atomic E-state index is 5.56. The minimum absolute atomic E-state index is 0.134. The molecule has 0 spiro atoms. The van der Waals surface area contributed by atoms with E-state index in [0.29, 0.717) is 5.92 Å². The molecule has 8 nitrogen and oxygen atoms in total. The molecule has 3 aromatic rings. The van der Waals surface area contributed by atoms with E-state index in [4.69, 9.17) is 9.47 Å². The van der Waals surface area contributed by atoms with E-state index in [2.05, 4.69) is 55.9 Å². The van der Waals surface area contributed by atoms with Crippen molar-refractivity contribution in [1.29, 1.82) is 0 Å². The van der Waals surface area contributed by atoms with Crippen LogP contribution in [-0.2, 0) is 13.1 Å². The van der Waals surface area contributed by atoms with E-state index in [1.54, 1.807) is 14.2 Å². The summed E-state index contributed by atoms with van der Waals surface area (Å²) in [4.78, 5) is 7.04. The molecule has 4 rings (SSSR count). The molecule has 0 unspecified atom stereocenters. The summed E-state index contributed by atoms with van der Waals surface area (Å²) in [6, 6.07) is 6.08. The van der Waals surface area contributed by atoms with Gasteiger partial charge in [-0.15, -0.1) is 10.2 Å². The zero-order valence-electron chi connectivity index (χ0n) is 17.4. The molecule has 29 heavy (non-hydrogen) atoms. The SMILES string of the molecule is COc1ccc(CN2CCn3c(-c4nc(C(C)C)ns4)nnc3[C@@H]2C)c(OC)c1. The Bertz CT molecular complexity index is 999. The summed E-state index contributed by atoms with van der Waals surface area (Å²) in [5, 5.41) is 9.77. The summed E-state index contributed by atoms with van der Waals surface area (Å²) in [6.07, 6.45) is 0. The van der Waals surface area contributed by atoms with Crippen molar-refractivity contribution in [3.63, 3.8) is 0 Å². The Labute approximate surface area is 174 Å². The highest BCUT2D eigenvalue weighted by molar-refractivity contribution is 7.09. The number of hydrogen-bond donors (Lipinski definition) is 0. The number of benzene rings is 1. The summed E-state index contributed by atoms with van der Waals surface area (Å²) in [5.74, 6) is 4.56. The highest BCUT2D eigenvalue weighted by Gasteiger charge is 2.30. The van der Waals surface area contributed by atoms with Crippen molar-refractivity contribution in [1.82, 2.24) is 29.0 Å². The molecule has 3 heterocycles. The summed E-state index contributed by atoms with van der Waals surface area (Å²) in [5.41, 5.74) is 1.12. The first kappa shape index (κ1) is 19.8. The fourth-order valence-corrected chi connectivity index (χ4v) is 4.36. The van der Waals surface area contributed by atoms with E-state index < -0.39 is 0 Å². The van der Waals surface area contributed by atoms with Crippen LogP contribution in [0.25, 0.3) is 10.8 Å². The fourth-order valence-electron chi connectivity index (χ4n) is 3.57. The zero-order chi connectivity index (χ0) is 20.5. The normalized spacial score (nSPS) is 16.8. The Morgan fingerprint density at radius 3 is 2.69 bits per heavy atom. The maximum Gasteiger partial charge on any atom is 0.194 e. The first-order chi connectivity index (χ1) is 14.0. The molecule has 0 aliphatic carbocycles. The fraction of sp³-hybridized carbons (Fsp3) is 0.500. The molecule has 0 saturated heterocycles. The van der Waals surface area contributed by atoms with Crippen molar-refractivity contribution in [2.45, 2.75) is 45.8 Å². The van der Waals surface area contributed by atoms with Gasteiger partial charge in [-0.2, -0.15) is 4.37 Å². The summed E-state index contributed by atoms with van der Waals surface area (Å²) in [7, 11) is 3.35. The first-order valence-corrected chi connectivity index (χ1v) is 10.5. The monoisotopic (exact) mass is 414 g/mol. The molecule has 1 atom stereocenters. The minimum Gasteiger partial charge on any atom is -0.497 e. The summed E-state index contributed by atoms with van der Waals surface area (Å²) >= 11 is 1.40. The van der Waals surface area contributed by atoms with Crippen LogP contribution in [0.2, 0.25) is 0 Å². The lowest BCUT2D eigenvalue weighted by Crippen LogP contribution is -2.36. The van der Waals surface area contributed by atoms with Gasteiger partial charge in [0.25, 0.3) is 0 Å². The largest absolute Gasteiger partial charge is 0.497 e. The number of rotatable bonds is 6. The number of aromatic nitrogens is 5. The van der Waals surface area contributed by atoms with E-state index in [0.717, 1.165) is 59.2 Å². The number of fused-ring (bicyclic) bond motifs is 1. The van der Waals surface area contributed by atoms with Crippen LogP contribution >= 0.6 is 11.5 Å². The highest BCUT2D eigenvalue weighted by Crippen LogP contribution is 2.33. The van der Waals surface area contributed by atoms with E-state index in [-0.39, 0.29) is 6.04 Å². The number of ether oxygens (including phenoxy) is 2. The van der Waals surface area contributed by atoms with Crippen molar-refractivity contribution in [2.75, 3.05) is 20.8 Å². The van der Waals surface area contributed by atoms with Gasteiger partial charge in [0.1, 0.15) is 17.3 Å². The second-order valence-corrected chi connectivity index (χ2v) is 8.22. The van der Waals surface area contributed by atoms with Crippen LogP contribution in [0.4, 0.5) is 0 Å². The third-order valence-corrected chi connectivity index (χ3v) is 6.05. The van der Waals surface area contributed by atoms with Crippen molar-refractivity contribution >= 4 is 11.5 Å². The van der Waals surface area contributed by atoms with E-state index in [1.807, 2.05) is 12.1 Å². The molecule has 0 fully saturated rings. The van der Waals surface area contributed by atoms with Crippen molar-refractivity contribution in [3.05, 3.63) is 35.4 Å². The molecule has 9 heteroatoms. The molecule has 0 N–H and O–H groups in total. The van der Waals surface area contributed by atoms with Crippen LogP contribution in [0.5, 0.6) is 11.5 Å². The first-order valence-electron chi connectivity index (χ1n) is 9.73. The second kappa shape index (κ2) is 8.08. The third-order valence-electron chi connectivity index (χ3n) is 5.33. The Balaban J connectivity index is 1.57. The van der Waals surface area contributed by atoms with Gasteiger partial charge in [0.2, 0.25) is 0 Å². The molecular weight excluding hydrogens is 388 g/mol. The Morgan fingerprint density at radius 2 is 2.00 bits per heavy atom. The van der Waals surface area contributed by atoms with E-state index in [9.17, 15) is 0 Å². The maximum atomic E-state index is 5.56. The van der Waals surface area contributed by atoms with Gasteiger partial charge in [0.05, 0.1) is 20.3 Å². The van der Waals surface area contributed by atoms with Gasteiger partial charge in [0.15, 0.2) is 16.7 Å². The van der Waals surface area contributed by atoms with Gasteiger partial charge < -0.3 is 14.0 Å². The van der Waals surface area contributed by atoms with Crippen LogP contribution in [-0.4, -0.2) is 49.8 Å². The molecule has 0 saturated carbocycles. The molecule has 0 amide bonds. The van der Waals surface area contributed by atoms with Crippen LogP contribution in [0.15, 0.2) is 18.2 Å². The Kier molecular flexibility index (Phi) is 5.51. The van der Waals surface area contributed by atoms with Gasteiger partial charge in [-0.05, 0) is 24.5 Å². The third kappa shape index (κ3) is 3.72. The smallest absolute Gasteiger partial charge is 0.194 e. The number of methoxy groups -OCH3 is 2. The summed E-state index contributed by atoms with van der Waals surface area (Å²) < 4.78 is 17.5. The van der Waals surface area contributed by atoms with Crippen molar-refractivity contribution in [2.24, 2.45) is 0 Å². The average Bonchev–Trinajstić information content (AvgIpc) is 3.37. The van der Waals surface area contributed by atoms with Gasteiger partial charge >= 0.3 is 0 Å². The number of nitrogens with zero attached hydrogens (tertiary/aromatic N) is 6. The van der Waals surface area contributed by atoms with Gasteiger partial charge in [0, 0.05) is 37.2 Å². The molecule has 2 aromatic heterocycles. The lowest BCUT2D eigenvalue weighted by molar-refractivity contribution is 0.155. The zero-order valence-corrected chi connectivity index (χ0v) is 18.2. The second-order valence-electron chi connectivity index (χ2n) is 7.47. The van der Waals surface area contributed by atoms with Crippen LogP contribution in [0.1, 0.15) is 49.9 Å². The molecule has 1 aliphatic rings. The molecule has 1 aliphatic heterocycles. The number of hydrogen-bond acceptors (Lipinski definition) is 8. The van der Waals surface area contributed by atoms with Gasteiger partial charge in [-0.1, -0.05) is 19.9 Å². The lowest BCUT2D eigenvalue weighted by atomic mass is 10.1. The quantitative estimate of drug-likeness (QED) is 0.611. The Morgan fingerprint density at radius 1 is 1.17 bits per heavy atom. The van der Waals surface area contributed by atoms with E-state index in [1.165, 1.54) is 11.5 Å². The van der Waals surface area contributed by atoms with Crippen molar-refractivity contribution in [3.8, 4) is 22.3 Å². The summed E-state index contributed by atoms with van der Waals surface area (Å²) in [6.45, 7) is 8.84. The molecule has 1 aromatic carbocycles. The molecule has 0 radical (unpaired) electrons. The molecular formula is C20H26N6O2S. The molecule has 0 bridgehead atoms. The van der Waals surface area contributed by atoms with Crippen LogP contribution < -0.4 is 9.47 Å². The van der Waals surface area contributed by atoms with Gasteiger partial charge in [-0.3, -0.25) is 4.90 Å². The topological polar surface area (TPSA) is 78.2 Å². The average molecular weight is 415 g/mol. The van der Waals surface area contributed by atoms with Gasteiger partial charge in [-0.25, -0.2) is 4.98 Å². The predicted molar refractivity (Wildman–Crippen MR) is 111 cm³/mol. The molecule has 154 valence electrons. The van der Waals surface area contributed by atoms with Crippen molar-refractivity contribution < 1.29 is 9.47 Å². The highest BCUT2D eigenvalue weighted by atomic mass is 32.1. The van der Waals surface area contributed by atoms with Crippen LogP contribution in [0.3, 0.4) is 0 Å². The van der Waals surface area contributed by atoms with Crippen LogP contribution in [0, 0.1) is 0 Å². The lowest BCUT2D eigenvalue weighted by Gasteiger charge is -2.33. The standard InChI is InChI=1S/C20H26N6O2S/c1-12(2)17-21-20(29-24-17)19-23-22-18-13(3)25(8-9-26(18)19)11-14-6-7-15(27-4)10-16(14)28-5/h6-7,10,12-13H,8-9,11H2,1-5H3/t13-/m0/s1. The Hall–Kier alpha value is -2.52. The minimum atomic E-state index is 0.134. The van der Waals surface area contributed by atoms with E-state index >= 15 is 0 Å². The predicted octanol–water partition coefficient (Wildman–Crippen LogP) is 3.51.